The van der Waals surface area contributed by atoms with Gasteiger partial charge >= 0.3 is 5.97 Å². The molecule has 0 fully saturated rings. The first kappa shape index (κ1) is 11.8. The SMILES string of the molecule is CC(=O)Nc1cc(C=O)nc(CC(=O)O)c1. The Bertz CT molecular complexity index is 408. The number of amides is 1. The normalized spacial score (nSPS) is 9.56. The van der Waals surface area contributed by atoms with E-state index in [0.717, 1.165) is 0 Å². The number of pyridine rings is 1. The van der Waals surface area contributed by atoms with E-state index in [9.17, 15) is 14.4 Å². The van der Waals surface area contributed by atoms with E-state index < -0.39 is 5.97 Å². The van der Waals surface area contributed by atoms with Crippen LogP contribution in [0, 0.1) is 0 Å². The van der Waals surface area contributed by atoms with Crippen molar-refractivity contribution in [2.45, 2.75) is 13.3 Å². The number of carbonyl (C=O) groups is 3. The summed E-state index contributed by atoms with van der Waals surface area (Å²) in [6.07, 6.45) is 0.199. The van der Waals surface area contributed by atoms with Crippen molar-refractivity contribution in [1.82, 2.24) is 4.98 Å². The Hall–Kier alpha value is -2.24. The van der Waals surface area contributed by atoms with Gasteiger partial charge in [0.15, 0.2) is 6.29 Å². The summed E-state index contributed by atoms with van der Waals surface area (Å²) in [6, 6.07) is 2.79. The predicted octanol–water partition coefficient (Wildman–Crippen LogP) is 0.480. The largest absolute Gasteiger partial charge is 0.481 e. The van der Waals surface area contributed by atoms with Crippen LogP contribution in [0.5, 0.6) is 0 Å². The summed E-state index contributed by atoms with van der Waals surface area (Å²) in [7, 11) is 0. The molecular weight excluding hydrogens is 212 g/mol. The predicted molar refractivity (Wildman–Crippen MR) is 55.3 cm³/mol. The molecular formula is C10H10N2O4. The first-order valence-electron chi connectivity index (χ1n) is 4.47. The summed E-state index contributed by atoms with van der Waals surface area (Å²) in [5, 5.41) is 11.0. The topological polar surface area (TPSA) is 96.4 Å². The van der Waals surface area contributed by atoms with Crippen molar-refractivity contribution in [3.8, 4) is 0 Å². The molecule has 6 heteroatoms. The molecule has 0 atom stereocenters. The van der Waals surface area contributed by atoms with Crippen LogP contribution in [0.4, 0.5) is 5.69 Å². The second-order valence-corrected chi connectivity index (χ2v) is 3.14. The second kappa shape index (κ2) is 5.01. The van der Waals surface area contributed by atoms with Gasteiger partial charge in [0.1, 0.15) is 5.69 Å². The van der Waals surface area contributed by atoms with Gasteiger partial charge < -0.3 is 10.4 Å². The van der Waals surface area contributed by atoms with Gasteiger partial charge in [-0.3, -0.25) is 14.4 Å². The molecule has 1 aromatic rings. The highest BCUT2D eigenvalue weighted by Crippen LogP contribution is 2.11. The second-order valence-electron chi connectivity index (χ2n) is 3.14. The summed E-state index contributed by atoms with van der Waals surface area (Å²) in [4.78, 5) is 35.7. The van der Waals surface area contributed by atoms with Crippen molar-refractivity contribution >= 4 is 23.9 Å². The molecule has 1 heterocycles. The van der Waals surface area contributed by atoms with Crippen molar-refractivity contribution in [3.63, 3.8) is 0 Å². The van der Waals surface area contributed by atoms with E-state index in [1.165, 1.54) is 19.1 Å². The maximum Gasteiger partial charge on any atom is 0.309 e. The number of hydrogen-bond donors (Lipinski definition) is 2. The minimum absolute atomic E-state index is 0.0856. The van der Waals surface area contributed by atoms with Gasteiger partial charge in [0.2, 0.25) is 5.91 Å². The maximum atomic E-state index is 10.8. The summed E-state index contributed by atoms with van der Waals surface area (Å²) >= 11 is 0. The van der Waals surface area contributed by atoms with Gasteiger partial charge in [-0.05, 0) is 12.1 Å². The smallest absolute Gasteiger partial charge is 0.309 e. The Morgan fingerprint density at radius 2 is 2.19 bits per heavy atom. The zero-order valence-electron chi connectivity index (χ0n) is 8.56. The summed E-state index contributed by atoms with van der Waals surface area (Å²) in [5.41, 5.74) is 0.671. The quantitative estimate of drug-likeness (QED) is 0.722. The number of nitrogens with zero attached hydrogens (tertiary/aromatic N) is 1. The minimum atomic E-state index is -1.05. The van der Waals surface area contributed by atoms with Gasteiger partial charge in [-0.1, -0.05) is 0 Å². The lowest BCUT2D eigenvalue weighted by Gasteiger charge is -2.05. The van der Waals surface area contributed by atoms with Crippen LogP contribution >= 0.6 is 0 Å². The zero-order chi connectivity index (χ0) is 12.1. The highest BCUT2D eigenvalue weighted by molar-refractivity contribution is 5.89. The highest BCUT2D eigenvalue weighted by atomic mass is 16.4. The summed E-state index contributed by atoms with van der Waals surface area (Å²) in [5.74, 6) is -1.35. The highest BCUT2D eigenvalue weighted by Gasteiger charge is 2.07. The molecule has 84 valence electrons. The minimum Gasteiger partial charge on any atom is -0.481 e. The molecule has 0 saturated heterocycles. The van der Waals surface area contributed by atoms with E-state index in [-0.39, 0.29) is 23.7 Å². The number of carbonyl (C=O) groups excluding carboxylic acids is 2. The Kier molecular flexibility index (Phi) is 3.71. The molecule has 1 aromatic heterocycles. The standard InChI is InChI=1S/C10H10N2O4/c1-6(14)11-7-2-8(4-10(15)16)12-9(3-7)5-13/h2-3,5H,4H2,1H3,(H,15,16)(H,11,12,14). The van der Waals surface area contributed by atoms with Gasteiger partial charge in [-0.25, -0.2) is 4.98 Å². The molecule has 0 saturated carbocycles. The average molecular weight is 222 g/mol. The van der Waals surface area contributed by atoms with Crippen molar-refractivity contribution in [3.05, 3.63) is 23.5 Å². The number of aldehydes is 1. The Balaban J connectivity index is 3.04. The number of rotatable bonds is 4. The Morgan fingerprint density at radius 3 is 2.69 bits per heavy atom. The van der Waals surface area contributed by atoms with E-state index in [0.29, 0.717) is 12.0 Å². The molecule has 6 nitrogen and oxygen atoms in total. The van der Waals surface area contributed by atoms with Gasteiger partial charge in [0.25, 0.3) is 0 Å². The number of aromatic nitrogens is 1. The summed E-state index contributed by atoms with van der Waals surface area (Å²) in [6.45, 7) is 1.32. The van der Waals surface area contributed by atoms with Crippen molar-refractivity contribution in [2.75, 3.05) is 5.32 Å². The first-order valence-corrected chi connectivity index (χ1v) is 4.47. The van der Waals surface area contributed by atoms with E-state index in [1.54, 1.807) is 0 Å². The molecule has 0 bridgehead atoms. The number of carboxylic acid groups (broad SMARTS) is 1. The fourth-order valence-electron chi connectivity index (χ4n) is 1.19. The van der Waals surface area contributed by atoms with Gasteiger partial charge in [-0.15, -0.1) is 0 Å². The average Bonchev–Trinajstić information content (AvgIpc) is 2.14. The van der Waals surface area contributed by atoms with Crippen LogP contribution in [0.15, 0.2) is 12.1 Å². The van der Waals surface area contributed by atoms with E-state index in [1.807, 2.05) is 0 Å². The van der Waals surface area contributed by atoms with Gasteiger partial charge in [0.05, 0.1) is 12.1 Å². The molecule has 1 amide bonds. The maximum absolute atomic E-state index is 10.8. The van der Waals surface area contributed by atoms with Gasteiger partial charge in [0, 0.05) is 12.6 Å². The fraction of sp³-hybridized carbons (Fsp3) is 0.200. The van der Waals surface area contributed by atoms with Crippen LogP contribution in [0.3, 0.4) is 0 Å². The van der Waals surface area contributed by atoms with Crippen molar-refractivity contribution < 1.29 is 19.5 Å². The fourth-order valence-corrected chi connectivity index (χ4v) is 1.19. The van der Waals surface area contributed by atoms with E-state index in [2.05, 4.69) is 10.3 Å². The number of anilines is 1. The van der Waals surface area contributed by atoms with Gasteiger partial charge in [-0.2, -0.15) is 0 Å². The third-order valence-electron chi connectivity index (χ3n) is 1.67. The molecule has 0 aliphatic heterocycles. The summed E-state index contributed by atoms with van der Waals surface area (Å²) < 4.78 is 0. The van der Waals surface area contributed by atoms with Crippen LogP contribution in [-0.2, 0) is 16.0 Å². The van der Waals surface area contributed by atoms with Crippen LogP contribution in [0.2, 0.25) is 0 Å². The number of nitrogens with one attached hydrogen (secondary N) is 1. The van der Waals surface area contributed by atoms with Crippen LogP contribution in [-0.4, -0.2) is 28.3 Å². The molecule has 2 N–H and O–H groups in total. The number of aliphatic carboxylic acids is 1. The molecule has 0 aliphatic carbocycles. The van der Waals surface area contributed by atoms with Crippen molar-refractivity contribution in [1.29, 1.82) is 0 Å². The Labute approximate surface area is 91.3 Å². The lowest BCUT2D eigenvalue weighted by Crippen LogP contribution is -2.09. The van der Waals surface area contributed by atoms with E-state index in [4.69, 9.17) is 5.11 Å². The van der Waals surface area contributed by atoms with Crippen LogP contribution in [0.1, 0.15) is 23.1 Å². The number of carboxylic acids is 1. The van der Waals surface area contributed by atoms with Crippen LogP contribution in [0.25, 0.3) is 0 Å². The van der Waals surface area contributed by atoms with Crippen molar-refractivity contribution in [2.24, 2.45) is 0 Å². The zero-order valence-corrected chi connectivity index (χ0v) is 8.56. The molecule has 16 heavy (non-hydrogen) atoms. The molecule has 0 aromatic carbocycles. The molecule has 1 rings (SSSR count). The lowest BCUT2D eigenvalue weighted by atomic mass is 10.2. The molecule has 0 spiro atoms. The first-order chi connectivity index (χ1) is 7.51. The molecule has 0 unspecified atom stereocenters. The third-order valence-corrected chi connectivity index (χ3v) is 1.67. The Morgan fingerprint density at radius 1 is 1.50 bits per heavy atom. The third kappa shape index (κ3) is 3.49. The molecule has 0 radical (unpaired) electrons. The lowest BCUT2D eigenvalue weighted by molar-refractivity contribution is -0.136. The number of hydrogen-bond acceptors (Lipinski definition) is 4. The van der Waals surface area contributed by atoms with E-state index >= 15 is 0 Å². The van der Waals surface area contributed by atoms with Crippen LogP contribution < -0.4 is 5.32 Å². The monoisotopic (exact) mass is 222 g/mol. The molecule has 0 aliphatic rings.